The summed E-state index contributed by atoms with van der Waals surface area (Å²) in [6.45, 7) is 3.57. The molecule has 1 aliphatic heterocycles. The topological polar surface area (TPSA) is 92.6 Å². The minimum Gasteiger partial charge on any atom is -0.476 e. The van der Waals surface area contributed by atoms with Crippen LogP contribution < -0.4 is 0 Å². The van der Waals surface area contributed by atoms with Crippen molar-refractivity contribution in [3.8, 4) is 0 Å². The van der Waals surface area contributed by atoms with Crippen LogP contribution in [0.4, 0.5) is 0 Å². The second-order valence-electron chi connectivity index (χ2n) is 7.10. The van der Waals surface area contributed by atoms with Gasteiger partial charge in [0.05, 0.1) is 24.6 Å². The summed E-state index contributed by atoms with van der Waals surface area (Å²) in [5.74, 6) is -0.538. The number of likely N-dealkylation sites (tertiary alicyclic amines) is 1. The molecule has 0 spiro atoms. The smallest absolute Gasteiger partial charge is 0.356 e. The average Bonchev–Trinajstić information content (AvgIpc) is 2.64. The van der Waals surface area contributed by atoms with E-state index in [4.69, 9.17) is 9.84 Å². The Kier molecular flexibility index (Phi) is 5.63. The highest BCUT2D eigenvalue weighted by molar-refractivity contribution is 5.92. The van der Waals surface area contributed by atoms with Crippen LogP contribution in [0.25, 0.3) is 0 Å². The normalized spacial score (nSPS) is 24.9. The van der Waals surface area contributed by atoms with E-state index in [2.05, 4.69) is 16.9 Å². The molecule has 25 heavy (non-hydrogen) atoms. The number of ether oxygens (including phenoxy) is 1. The number of aromatic carboxylic acids is 1. The molecule has 2 fully saturated rings. The fourth-order valence-corrected chi connectivity index (χ4v) is 3.54. The largest absolute Gasteiger partial charge is 0.476 e. The summed E-state index contributed by atoms with van der Waals surface area (Å²) in [7, 11) is 0. The van der Waals surface area contributed by atoms with Gasteiger partial charge in [0.15, 0.2) is 5.69 Å². The Morgan fingerprint density at radius 1 is 1.00 bits per heavy atom. The van der Waals surface area contributed by atoms with Gasteiger partial charge in [0.1, 0.15) is 5.69 Å². The number of aromatic nitrogens is 2. The number of carbonyl (C=O) groups is 2. The zero-order valence-electron chi connectivity index (χ0n) is 14.6. The molecule has 1 aromatic rings. The second-order valence-corrected chi connectivity index (χ2v) is 7.10. The number of hydrogen-bond acceptors (Lipinski definition) is 5. The molecule has 0 aromatic carbocycles. The molecule has 1 saturated heterocycles. The number of nitrogens with zero attached hydrogens (tertiary/aromatic N) is 3. The van der Waals surface area contributed by atoms with Gasteiger partial charge in [-0.05, 0) is 44.4 Å². The Bertz CT molecular complexity index is 603. The Morgan fingerprint density at radius 2 is 1.56 bits per heavy atom. The van der Waals surface area contributed by atoms with E-state index >= 15 is 0 Å². The predicted octanol–water partition coefficient (Wildman–Crippen LogP) is 2.37. The average molecular weight is 347 g/mol. The summed E-state index contributed by atoms with van der Waals surface area (Å²) in [5, 5.41) is 8.83. The Morgan fingerprint density at radius 3 is 2.12 bits per heavy atom. The van der Waals surface area contributed by atoms with Gasteiger partial charge in [0.2, 0.25) is 0 Å². The van der Waals surface area contributed by atoms with Crippen molar-refractivity contribution in [2.24, 2.45) is 5.92 Å². The quantitative estimate of drug-likeness (QED) is 0.899. The highest BCUT2D eigenvalue weighted by atomic mass is 16.5. The molecule has 0 bridgehead atoms. The summed E-state index contributed by atoms with van der Waals surface area (Å²) in [6, 6.07) is 0. The molecule has 2 heterocycles. The van der Waals surface area contributed by atoms with Gasteiger partial charge < -0.3 is 14.7 Å². The van der Waals surface area contributed by atoms with Crippen molar-refractivity contribution in [3.05, 3.63) is 23.8 Å². The van der Waals surface area contributed by atoms with E-state index in [0.717, 1.165) is 37.8 Å². The molecule has 1 N–H and O–H groups in total. The summed E-state index contributed by atoms with van der Waals surface area (Å²) < 4.78 is 6.23. The number of amides is 1. The minimum absolute atomic E-state index is 0.162. The third kappa shape index (κ3) is 4.54. The molecule has 7 heteroatoms. The molecular formula is C18H25N3O4. The van der Waals surface area contributed by atoms with Gasteiger partial charge in [-0.1, -0.05) is 6.92 Å². The number of hydrogen-bond donors (Lipinski definition) is 1. The zero-order valence-corrected chi connectivity index (χ0v) is 14.6. The molecule has 1 saturated carbocycles. The van der Waals surface area contributed by atoms with Crippen LogP contribution in [-0.4, -0.2) is 57.1 Å². The third-order valence-corrected chi connectivity index (χ3v) is 5.17. The summed E-state index contributed by atoms with van der Waals surface area (Å²) in [5.41, 5.74) is 0.0242. The highest BCUT2D eigenvalue weighted by Gasteiger charge is 2.28. The molecule has 136 valence electrons. The van der Waals surface area contributed by atoms with Crippen LogP contribution in [0.1, 0.15) is 66.4 Å². The van der Waals surface area contributed by atoms with Gasteiger partial charge in [0, 0.05) is 13.1 Å². The van der Waals surface area contributed by atoms with Crippen LogP contribution in [0, 0.1) is 5.92 Å². The van der Waals surface area contributed by atoms with E-state index in [1.165, 1.54) is 19.0 Å². The molecule has 0 radical (unpaired) electrons. The lowest BCUT2D eigenvalue weighted by atomic mass is 9.88. The molecule has 0 unspecified atom stereocenters. The van der Waals surface area contributed by atoms with Crippen LogP contribution >= 0.6 is 0 Å². The van der Waals surface area contributed by atoms with Crippen LogP contribution in [0.15, 0.2) is 12.4 Å². The van der Waals surface area contributed by atoms with Crippen LogP contribution in [-0.2, 0) is 4.74 Å². The van der Waals surface area contributed by atoms with Crippen molar-refractivity contribution in [2.45, 2.75) is 57.7 Å². The van der Waals surface area contributed by atoms with E-state index in [0.29, 0.717) is 19.2 Å². The monoisotopic (exact) mass is 347 g/mol. The lowest BCUT2D eigenvalue weighted by Gasteiger charge is -2.35. The molecule has 7 nitrogen and oxygen atoms in total. The maximum Gasteiger partial charge on any atom is 0.356 e. The third-order valence-electron chi connectivity index (χ3n) is 5.17. The van der Waals surface area contributed by atoms with Gasteiger partial charge in [-0.25, -0.2) is 14.8 Å². The van der Waals surface area contributed by atoms with E-state index in [1.54, 1.807) is 4.90 Å². The maximum absolute atomic E-state index is 12.4. The fraction of sp³-hybridized carbons (Fsp3) is 0.667. The van der Waals surface area contributed by atoms with Gasteiger partial charge in [-0.15, -0.1) is 0 Å². The maximum atomic E-state index is 12.4. The first-order valence-corrected chi connectivity index (χ1v) is 9.03. The molecule has 1 aromatic heterocycles. The Labute approximate surface area is 147 Å². The van der Waals surface area contributed by atoms with E-state index in [-0.39, 0.29) is 23.4 Å². The summed E-state index contributed by atoms with van der Waals surface area (Å²) in [4.78, 5) is 32.7. The molecule has 1 amide bonds. The fourth-order valence-electron chi connectivity index (χ4n) is 3.54. The first-order chi connectivity index (χ1) is 12.0. The van der Waals surface area contributed by atoms with E-state index in [9.17, 15) is 9.59 Å². The van der Waals surface area contributed by atoms with Crippen molar-refractivity contribution in [2.75, 3.05) is 13.1 Å². The molecule has 0 atom stereocenters. The van der Waals surface area contributed by atoms with Crippen molar-refractivity contribution in [1.29, 1.82) is 0 Å². The van der Waals surface area contributed by atoms with Crippen molar-refractivity contribution < 1.29 is 19.4 Å². The van der Waals surface area contributed by atoms with Crippen molar-refractivity contribution in [1.82, 2.24) is 14.9 Å². The predicted molar refractivity (Wildman–Crippen MR) is 90.4 cm³/mol. The van der Waals surface area contributed by atoms with Crippen LogP contribution in [0.3, 0.4) is 0 Å². The van der Waals surface area contributed by atoms with Crippen LogP contribution in [0.2, 0.25) is 0 Å². The lowest BCUT2D eigenvalue weighted by molar-refractivity contribution is -0.0571. The van der Waals surface area contributed by atoms with E-state index in [1.807, 2.05) is 0 Å². The number of carbonyl (C=O) groups excluding carboxylic acids is 1. The van der Waals surface area contributed by atoms with Gasteiger partial charge in [0.25, 0.3) is 5.91 Å². The van der Waals surface area contributed by atoms with Crippen LogP contribution in [0.5, 0.6) is 0 Å². The number of piperidine rings is 1. The standard InChI is InChI=1S/C18H25N3O4/c1-12-2-4-13(5-3-12)25-14-6-8-21(9-7-14)17(22)15-10-20-16(11-19-15)18(23)24/h10-14H,2-9H2,1H3,(H,23,24). The van der Waals surface area contributed by atoms with Gasteiger partial charge in [-0.2, -0.15) is 0 Å². The highest BCUT2D eigenvalue weighted by Crippen LogP contribution is 2.28. The Balaban J connectivity index is 1.48. The molecule has 1 aliphatic carbocycles. The SMILES string of the molecule is CC1CCC(OC2CCN(C(=O)c3cnc(C(=O)O)cn3)CC2)CC1. The molecule has 2 aliphatic rings. The molecular weight excluding hydrogens is 322 g/mol. The van der Waals surface area contributed by atoms with Crippen molar-refractivity contribution >= 4 is 11.9 Å². The zero-order chi connectivity index (χ0) is 17.8. The Hall–Kier alpha value is -2.02. The first-order valence-electron chi connectivity index (χ1n) is 9.03. The van der Waals surface area contributed by atoms with Gasteiger partial charge >= 0.3 is 5.97 Å². The van der Waals surface area contributed by atoms with Crippen molar-refractivity contribution in [3.63, 3.8) is 0 Å². The number of carboxylic acids is 1. The summed E-state index contributed by atoms with van der Waals surface area (Å²) >= 11 is 0. The summed E-state index contributed by atoms with van der Waals surface area (Å²) in [6.07, 6.45) is 9.39. The first kappa shape index (κ1) is 17.8. The second kappa shape index (κ2) is 7.91. The number of rotatable bonds is 4. The lowest BCUT2D eigenvalue weighted by Crippen LogP contribution is -2.42. The minimum atomic E-state index is -1.15. The van der Waals surface area contributed by atoms with E-state index < -0.39 is 5.97 Å². The number of carboxylic acid groups (broad SMARTS) is 1. The van der Waals surface area contributed by atoms with Gasteiger partial charge in [-0.3, -0.25) is 4.79 Å². The molecule has 3 rings (SSSR count).